The fourth-order valence-electron chi connectivity index (χ4n) is 3.10. The molecule has 1 atom stereocenters. The maximum atomic E-state index is 12.7. The van der Waals surface area contributed by atoms with Gasteiger partial charge in [-0.3, -0.25) is 14.2 Å². The molecule has 0 radical (unpaired) electrons. The predicted octanol–water partition coefficient (Wildman–Crippen LogP) is 2.81. The topological polar surface area (TPSA) is 100 Å². The van der Waals surface area contributed by atoms with Crippen molar-refractivity contribution in [3.05, 3.63) is 45.0 Å². The van der Waals surface area contributed by atoms with Gasteiger partial charge in [0.2, 0.25) is 5.91 Å². The second kappa shape index (κ2) is 9.51. The number of fused-ring (bicyclic) bond motifs is 1. The molecule has 0 aliphatic carbocycles. The fourth-order valence-corrected chi connectivity index (χ4v) is 3.69. The highest BCUT2D eigenvalue weighted by molar-refractivity contribution is 9.10. The lowest BCUT2D eigenvalue weighted by atomic mass is 10.1. The lowest BCUT2D eigenvalue weighted by Gasteiger charge is -2.18. The Morgan fingerprint density at radius 2 is 2.00 bits per heavy atom. The van der Waals surface area contributed by atoms with Crippen LogP contribution in [0.5, 0.6) is 11.5 Å². The molecular weight excluding hydrogens is 466 g/mol. The van der Waals surface area contributed by atoms with E-state index in [-0.39, 0.29) is 24.1 Å². The van der Waals surface area contributed by atoms with Crippen molar-refractivity contribution in [2.24, 2.45) is 13.0 Å². The minimum absolute atomic E-state index is 0.153. The Hall–Kier alpha value is -2.88. The third-order valence-corrected chi connectivity index (χ3v) is 5.27. The first-order valence-corrected chi connectivity index (χ1v) is 10.7. The van der Waals surface area contributed by atoms with Gasteiger partial charge in [0.1, 0.15) is 22.9 Å². The zero-order valence-electron chi connectivity index (χ0n) is 18.2. The monoisotopic (exact) mass is 491 g/mol. The van der Waals surface area contributed by atoms with Gasteiger partial charge in [-0.05, 0) is 46.5 Å². The quantitative estimate of drug-likeness (QED) is 0.519. The standard InChI is InChI=1S/C21H26BrN5O4/c1-12(2)10-31-15-7-6-14(8-16(15)30-5)13(3)24-17(28)9-27-11-23-20-18(21(27)29)19(22)25-26(20)4/h6-8,11-13H,9-10H2,1-5H3,(H,24,28). The van der Waals surface area contributed by atoms with E-state index in [9.17, 15) is 9.59 Å². The molecule has 0 spiro atoms. The van der Waals surface area contributed by atoms with E-state index in [2.05, 4.69) is 45.2 Å². The van der Waals surface area contributed by atoms with Crippen LogP contribution in [0.15, 0.2) is 33.9 Å². The van der Waals surface area contributed by atoms with Crippen molar-refractivity contribution < 1.29 is 14.3 Å². The molecular formula is C21H26BrN5O4. The zero-order chi connectivity index (χ0) is 22.7. The molecule has 1 aromatic carbocycles. The molecule has 2 heterocycles. The van der Waals surface area contributed by atoms with E-state index < -0.39 is 0 Å². The van der Waals surface area contributed by atoms with Crippen LogP contribution in [0.1, 0.15) is 32.4 Å². The van der Waals surface area contributed by atoms with E-state index in [4.69, 9.17) is 9.47 Å². The number of rotatable bonds is 8. The van der Waals surface area contributed by atoms with E-state index in [1.807, 2.05) is 25.1 Å². The normalized spacial score (nSPS) is 12.2. The Labute approximate surface area is 188 Å². The number of nitrogens with zero attached hydrogens (tertiary/aromatic N) is 4. The third kappa shape index (κ3) is 5.07. The summed E-state index contributed by atoms with van der Waals surface area (Å²) in [7, 11) is 3.28. The van der Waals surface area contributed by atoms with Gasteiger partial charge < -0.3 is 14.8 Å². The second-order valence-electron chi connectivity index (χ2n) is 7.69. The number of halogens is 1. The Morgan fingerprint density at radius 1 is 1.26 bits per heavy atom. The molecule has 9 nitrogen and oxygen atoms in total. The Kier molecular flexibility index (Phi) is 6.99. The van der Waals surface area contributed by atoms with Crippen molar-refractivity contribution in [2.45, 2.75) is 33.4 Å². The van der Waals surface area contributed by atoms with Crippen LogP contribution in [0.3, 0.4) is 0 Å². The van der Waals surface area contributed by atoms with Crippen LogP contribution in [0, 0.1) is 5.92 Å². The summed E-state index contributed by atoms with van der Waals surface area (Å²) >= 11 is 3.27. The number of amides is 1. The summed E-state index contributed by atoms with van der Waals surface area (Å²) in [6.07, 6.45) is 1.35. The fraction of sp³-hybridized carbons (Fsp3) is 0.429. The summed E-state index contributed by atoms with van der Waals surface area (Å²) in [5.74, 6) is 1.35. The number of aromatic nitrogens is 4. The number of benzene rings is 1. The van der Waals surface area contributed by atoms with Crippen LogP contribution < -0.4 is 20.3 Å². The Balaban J connectivity index is 1.72. The molecule has 1 unspecified atom stereocenters. The molecule has 0 aliphatic heterocycles. The zero-order valence-corrected chi connectivity index (χ0v) is 19.8. The van der Waals surface area contributed by atoms with E-state index in [1.165, 1.54) is 15.6 Å². The molecule has 0 bridgehead atoms. The van der Waals surface area contributed by atoms with Gasteiger partial charge in [0.25, 0.3) is 5.56 Å². The van der Waals surface area contributed by atoms with E-state index in [0.717, 1.165) is 5.56 Å². The largest absolute Gasteiger partial charge is 0.493 e. The number of aryl methyl sites for hydroxylation is 1. The van der Waals surface area contributed by atoms with Crippen LogP contribution in [-0.4, -0.2) is 39.0 Å². The van der Waals surface area contributed by atoms with Crippen LogP contribution in [0.4, 0.5) is 0 Å². The van der Waals surface area contributed by atoms with Crippen LogP contribution in [0.2, 0.25) is 0 Å². The number of hydrogen-bond acceptors (Lipinski definition) is 6. The first kappa shape index (κ1) is 22.8. The van der Waals surface area contributed by atoms with Gasteiger partial charge in [-0.2, -0.15) is 5.10 Å². The molecule has 2 aromatic heterocycles. The van der Waals surface area contributed by atoms with Crippen molar-refractivity contribution in [2.75, 3.05) is 13.7 Å². The maximum absolute atomic E-state index is 12.7. The second-order valence-corrected chi connectivity index (χ2v) is 8.45. The summed E-state index contributed by atoms with van der Waals surface area (Å²) in [5.41, 5.74) is 0.980. The number of methoxy groups -OCH3 is 1. The first-order valence-electron chi connectivity index (χ1n) is 9.89. The van der Waals surface area contributed by atoms with Crippen molar-refractivity contribution in [1.29, 1.82) is 0 Å². The molecule has 0 fully saturated rings. The summed E-state index contributed by atoms with van der Waals surface area (Å²) in [6, 6.07) is 5.27. The van der Waals surface area contributed by atoms with Crippen molar-refractivity contribution >= 4 is 32.9 Å². The summed E-state index contributed by atoms with van der Waals surface area (Å²) in [4.78, 5) is 29.5. The van der Waals surface area contributed by atoms with Gasteiger partial charge in [-0.15, -0.1) is 0 Å². The minimum Gasteiger partial charge on any atom is -0.493 e. The van der Waals surface area contributed by atoms with Gasteiger partial charge in [-0.1, -0.05) is 19.9 Å². The Bertz CT molecular complexity index is 1150. The van der Waals surface area contributed by atoms with Gasteiger partial charge >= 0.3 is 0 Å². The number of ether oxygens (including phenoxy) is 2. The Morgan fingerprint density at radius 3 is 2.68 bits per heavy atom. The molecule has 3 rings (SSSR count). The first-order chi connectivity index (χ1) is 14.7. The molecule has 166 valence electrons. The number of nitrogens with one attached hydrogen (secondary N) is 1. The lowest BCUT2D eigenvalue weighted by Crippen LogP contribution is -2.34. The van der Waals surface area contributed by atoms with E-state index >= 15 is 0 Å². The number of carbonyl (C=O) groups excluding carboxylic acids is 1. The van der Waals surface area contributed by atoms with Crippen LogP contribution in [-0.2, 0) is 18.4 Å². The predicted molar refractivity (Wildman–Crippen MR) is 120 cm³/mol. The molecule has 0 saturated carbocycles. The lowest BCUT2D eigenvalue weighted by molar-refractivity contribution is -0.122. The van der Waals surface area contributed by atoms with E-state index in [1.54, 1.807) is 14.2 Å². The molecule has 1 N–H and O–H groups in total. The van der Waals surface area contributed by atoms with Gasteiger partial charge in [0, 0.05) is 7.05 Å². The van der Waals surface area contributed by atoms with Crippen molar-refractivity contribution in [3.8, 4) is 11.5 Å². The number of hydrogen-bond donors (Lipinski definition) is 1. The van der Waals surface area contributed by atoms with Gasteiger partial charge in [-0.25, -0.2) is 9.67 Å². The van der Waals surface area contributed by atoms with Gasteiger partial charge in [0.15, 0.2) is 17.1 Å². The van der Waals surface area contributed by atoms with Gasteiger partial charge in [0.05, 0.1) is 19.8 Å². The molecule has 0 saturated heterocycles. The summed E-state index contributed by atoms with van der Waals surface area (Å²) < 4.78 is 14.4. The minimum atomic E-state index is -0.332. The molecule has 3 aromatic rings. The highest BCUT2D eigenvalue weighted by Crippen LogP contribution is 2.30. The van der Waals surface area contributed by atoms with Crippen molar-refractivity contribution in [1.82, 2.24) is 24.6 Å². The van der Waals surface area contributed by atoms with Crippen molar-refractivity contribution in [3.63, 3.8) is 0 Å². The number of carbonyl (C=O) groups is 1. The molecule has 0 aliphatic rings. The summed E-state index contributed by atoms with van der Waals surface area (Å²) in [5, 5.41) is 7.39. The highest BCUT2D eigenvalue weighted by Gasteiger charge is 2.17. The maximum Gasteiger partial charge on any atom is 0.266 e. The smallest absolute Gasteiger partial charge is 0.266 e. The molecule has 10 heteroatoms. The highest BCUT2D eigenvalue weighted by atomic mass is 79.9. The summed E-state index contributed by atoms with van der Waals surface area (Å²) in [6.45, 7) is 6.44. The average molecular weight is 492 g/mol. The van der Waals surface area contributed by atoms with Crippen LogP contribution in [0.25, 0.3) is 11.0 Å². The average Bonchev–Trinajstić information content (AvgIpc) is 3.02. The molecule has 31 heavy (non-hydrogen) atoms. The third-order valence-electron chi connectivity index (χ3n) is 4.72. The van der Waals surface area contributed by atoms with Crippen LogP contribution >= 0.6 is 15.9 Å². The van der Waals surface area contributed by atoms with E-state index in [0.29, 0.717) is 39.7 Å². The molecule has 1 amide bonds. The SMILES string of the molecule is COc1cc(C(C)NC(=O)Cn2cnc3c(c(Br)nn3C)c2=O)ccc1OCC(C)C.